The zero-order valence-electron chi connectivity index (χ0n) is 24.0. The van der Waals surface area contributed by atoms with Gasteiger partial charge in [0.25, 0.3) is 0 Å². The van der Waals surface area contributed by atoms with Gasteiger partial charge in [-0.25, -0.2) is 0 Å². The normalized spacial score (nSPS) is 12.1. The minimum atomic E-state index is -4.35. The second kappa shape index (κ2) is 12.9. The molecule has 0 saturated carbocycles. The third-order valence-electron chi connectivity index (χ3n) is 8.12. The molecule has 0 atom stereocenters. The Morgan fingerprint density at radius 3 is 1.39 bits per heavy atom. The molecular weight excluding hydrogens is 572 g/mol. The quantitative estimate of drug-likeness (QED) is 0.150. The monoisotopic (exact) mass is 604 g/mol. The maximum atomic E-state index is 13.0. The van der Waals surface area contributed by atoms with E-state index in [4.69, 9.17) is 4.74 Å². The SMILES string of the molecule is FC(F)(F)c1ccc(-c2ccc(COc3ccccc3C[PH](c3ccccc3)(c3ccccc3)c3ccccc3)cc2)cc1. The average Bonchev–Trinajstić information content (AvgIpc) is 3.08. The molecule has 0 fully saturated rings. The van der Waals surface area contributed by atoms with Crippen molar-refractivity contribution >= 4 is 23.2 Å². The van der Waals surface area contributed by atoms with Crippen molar-refractivity contribution in [3.05, 3.63) is 180 Å². The van der Waals surface area contributed by atoms with Crippen molar-refractivity contribution in [1.29, 1.82) is 0 Å². The number of halogens is 3. The fraction of sp³-hybridized carbons (Fsp3) is 0.0769. The van der Waals surface area contributed by atoms with Crippen LogP contribution in [0.1, 0.15) is 16.7 Å². The average molecular weight is 605 g/mol. The van der Waals surface area contributed by atoms with E-state index in [1.54, 1.807) is 0 Å². The van der Waals surface area contributed by atoms with E-state index in [1.807, 2.05) is 36.4 Å². The van der Waals surface area contributed by atoms with Crippen LogP contribution in [0.5, 0.6) is 5.75 Å². The number of ether oxygens (including phenoxy) is 1. The van der Waals surface area contributed by atoms with E-state index in [0.717, 1.165) is 46.3 Å². The molecule has 1 nitrogen and oxygen atoms in total. The van der Waals surface area contributed by atoms with Gasteiger partial charge in [0.2, 0.25) is 0 Å². The molecule has 0 aliphatic carbocycles. The van der Waals surface area contributed by atoms with Crippen molar-refractivity contribution < 1.29 is 17.9 Å². The summed E-state index contributed by atoms with van der Waals surface area (Å²) in [6.45, 7) is 0.376. The second-order valence-corrected chi connectivity index (χ2v) is 14.7. The predicted molar refractivity (Wildman–Crippen MR) is 178 cm³/mol. The molecule has 0 aliphatic rings. The van der Waals surface area contributed by atoms with E-state index in [0.29, 0.717) is 6.61 Å². The number of hydrogen-bond donors (Lipinski definition) is 0. The summed E-state index contributed by atoms with van der Waals surface area (Å²) in [5.74, 6) is 0.846. The Kier molecular flexibility index (Phi) is 8.63. The predicted octanol–water partition coefficient (Wildman–Crippen LogP) is 9.18. The summed E-state index contributed by atoms with van der Waals surface area (Å²) in [4.78, 5) is 0. The van der Waals surface area contributed by atoms with E-state index >= 15 is 0 Å². The molecule has 0 radical (unpaired) electrons. The van der Waals surface area contributed by atoms with Gasteiger partial charge in [0, 0.05) is 0 Å². The maximum absolute atomic E-state index is 13.0. The van der Waals surface area contributed by atoms with Gasteiger partial charge in [-0.3, -0.25) is 0 Å². The minimum absolute atomic E-state index is 0.376. The summed E-state index contributed by atoms with van der Waals surface area (Å²) in [5.41, 5.74) is 3.07. The van der Waals surface area contributed by atoms with Crippen LogP contribution in [0.2, 0.25) is 0 Å². The van der Waals surface area contributed by atoms with Crippen molar-refractivity contribution in [2.45, 2.75) is 18.9 Å². The number of rotatable bonds is 9. The van der Waals surface area contributed by atoms with Crippen molar-refractivity contribution in [3.8, 4) is 16.9 Å². The van der Waals surface area contributed by atoms with E-state index in [9.17, 15) is 13.2 Å². The fourth-order valence-electron chi connectivity index (χ4n) is 5.86. The van der Waals surface area contributed by atoms with Gasteiger partial charge in [-0.2, -0.15) is 13.2 Å². The molecule has 6 aromatic carbocycles. The van der Waals surface area contributed by atoms with Gasteiger partial charge in [0.1, 0.15) is 0 Å². The standard InChI is InChI=1S/C39H32F3OP/c40-39(41,42)34-26-24-32(25-27-34)31-22-20-30(21-23-31)28-43-38-19-11-10-12-33(38)29-44(35-13-4-1-5-14-35,36-15-6-2-7-16-36)37-17-8-3-9-18-37/h1-27,44H,28-29H2. The van der Waals surface area contributed by atoms with Crippen LogP contribution in [0.15, 0.2) is 164 Å². The molecule has 0 unspecified atom stereocenters. The van der Waals surface area contributed by atoms with Gasteiger partial charge in [0.05, 0.1) is 5.56 Å². The number of benzene rings is 6. The Balaban J connectivity index is 1.29. The van der Waals surface area contributed by atoms with Gasteiger partial charge < -0.3 is 0 Å². The van der Waals surface area contributed by atoms with Gasteiger partial charge in [-0.1, -0.05) is 0 Å². The Labute approximate surface area is 257 Å². The summed E-state index contributed by atoms with van der Waals surface area (Å²) in [7, 11) is -2.52. The fourth-order valence-corrected chi connectivity index (χ4v) is 10.6. The van der Waals surface area contributed by atoms with Gasteiger partial charge >= 0.3 is 239 Å². The second-order valence-electron chi connectivity index (χ2n) is 10.8. The number of alkyl halides is 3. The Hall–Kier alpha value is -4.66. The van der Waals surface area contributed by atoms with Crippen LogP contribution >= 0.6 is 7.26 Å². The first kappa shape index (κ1) is 29.4. The number of para-hydroxylation sites is 1. The molecule has 220 valence electrons. The summed E-state index contributed by atoms with van der Waals surface area (Å²) < 4.78 is 45.4. The third kappa shape index (κ3) is 6.32. The van der Waals surface area contributed by atoms with Crippen LogP contribution in [0.3, 0.4) is 0 Å². The molecule has 0 aromatic heterocycles. The number of hydrogen-bond acceptors (Lipinski definition) is 1. The Morgan fingerprint density at radius 1 is 0.477 bits per heavy atom. The van der Waals surface area contributed by atoms with Crippen LogP contribution in [0.4, 0.5) is 13.2 Å². The molecule has 0 amide bonds. The van der Waals surface area contributed by atoms with Gasteiger partial charge in [-0.05, 0) is 0 Å². The van der Waals surface area contributed by atoms with Crippen LogP contribution in [0, 0.1) is 0 Å². The van der Waals surface area contributed by atoms with Crippen molar-refractivity contribution in [2.24, 2.45) is 0 Å². The van der Waals surface area contributed by atoms with Crippen LogP contribution in [0.25, 0.3) is 11.1 Å². The molecule has 0 bridgehead atoms. The summed E-state index contributed by atoms with van der Waals surface area (Å²) in [5, 5.41) is 4.02. The zero-order chi connectivity index (χ0) is 30.4. The molecule has 5 heteroatoms. The van der Waals surface area contributed by atoms with Crippen LogP contribution in [-0.2, 0) is 18.9 Å². The van der Waals surface area contributed by atoms with E-state index in [1.165, 1.54) is 28.0 Å². The summed E-state index contributed by atoms with van der Waals surface area (Å²) in [6, 6.07) is 53.8. The van der Waals surface area contributed by atoms with Gasteiger partial charge in [-0.15, -0.1) is 0 Å². The van der Waals surface area contributed by atoms with Crippen molar-refractivity contribution in [1.82, 2.24) is 0 Å². The van der Waals surface area contributed by atoms with Crippen LogP contribution < -0.4 is 20.7 Å². The zero-order valence-corrected chi connectivity index (χ0v) is 25.0. The van der Waals surface area contributed by atoms with E-state index in [-0.39, 0.29) is 0 Å². The van der Waals surface area contributed by atoms with E-state index in [2.05, 4.69) is 103 Å². The van der Waals surface area contributed by atoms with E-state index < -0.39 is 19.0 Å². The molecule has 44 heavy (non-hydrogen) atoms. The van der Waals surface area contributed by atoms with Crippen molar-refractivity contribution in [3.63, 3.8) is 0 Å². The molecule has 0 heterocycles. The van der Waals surface area contributed by atoms with Gasteiger partial charge in [0.15, 0.2) is 0 Å². The summed E-state index contributed by atoms with van der Waals surface area (Å²) in [6.07, 6.45) is -3.52. The molecular formula is C39H32F3OP. The third-order valence-corrected chi connectivity index (χ3v) is 13.0. The molecule has 0 N–H and O–H groups in total. The first-order chi connectivity index (χ1) is 21.4. The van der Waals surface area contributed by atoms with Crippen molar-refractivity contribution in [2.75, 3.05) is 0 Å². The molecule has 0 spiro atoms. The first-order valence-corrected chi connectivity index (χ1v) is 16.8. The molecule has 0 saturated heterocycles. The molecule has 0 aliphatic heterocycles. The summed E-state index contributed by atoms with van der Waals surface area (Å²) >= 11 is 0. The topological polar surface area (TPSA) is 9.23 Å². The Morgan fingerprint density at radius 2 is 0.909 bits per heavy atom. The molecule has 6 rings (SSSR count). The van der Waals surface area contributed by atoms with Crippen LogP contribution in [-0.4, -0.2) is 0 Å². The molecule has 6 aromatic rings. The first-order valence-electron chi connectivity index (χ1n) is 14.6. The Bertz CT molecular complexity index is 1690.